The Balaban J connectivity index is 0.998. The van der Waals surface area contributed by atoms with E-state index in [1.165, 1.54) is 66.3 Å². The van der Waals surface area contributed by atoms with Crippen molar-refractivity contribution in [3.05, 3.63) is 255 Å². The van der Waals surface area contributed by atoms with Gasteiger partial charge in [-0.05, 0) is 128 Å². The number of nitrogens with zero attached hydrogens (tertiary/aromatic N) is 2. The lowest BCUT2D eigenvalue weighted by Gasteiger charge is -2.26. The maximum atomic E-state index is 2.41. The first-order chi connectivity index (χ1) is 30.7. The molecule has 1 aromatic heterocycles. The number of benzene rings is 10. The molecular weight excluding hydrogens is 749 g/mol. The van der Waals surface area contributed by atoms with Gasteiger partial charge >= 0.3 is 0 Å². The van der Waals surface area contributed by atoms with E-state index >= 15 is 0 Å². The molecule has 0 atom stereocenters. The van der Waals surface area contributed by atoms with Crippen molar-refractivity contribution in [1.29, 1.82) is 0 Å². The van der Waals surface area contributed by atoms with Crippen LogP contribution in [0.1, 0.15) is 0 Å². The monoisotopic (exact) mass is 790 g/mol. The van der Waals surface area contributed by atoms with E-state index in [0.717, 1.165) is 33.9 Å². The van der Waals surface area contributed by atoms with Crippen LogP contribution in [0.15, 0.2) is 255 Å². The molecule has 0 aliphatic heterocycles. The zero-order chi connectivity index (χ0) is 41.2. The molecule has 0 unspecified atom stereocenters. The summed E-state index contributed by atoms with van der Waals surface area (Å²) in [5.41, 5.74) is 18.7. The fraction of sp³-hybridized carbons (Fsp3) is 0. The standard InChI is InChI=1S/C60H42N2/c1-4-15-43(16-5-1)46-27-33-53(34-28-46)61(54-35-29-47(30-36-54)50-22-14-21-49(39-50)44-17-6-2-7-18-44)55-37-31-48(32-38-55)52-40-51(45-19-8-3-9-20-45)41-56(42-52)62-59-25-12-10-23-57(59)58-24-11-13-26-60(58)62/h1-42H. The number of anilines is 3. The maximum Gasteiger partial charge on any atom is 0.0541 e. The van der Waals surface area contributed by atoms with Crippen LogP contribution in [-0.2, 0) is 0 Å². The molecule has 0 aliphatic carbocycles. The second-order valence-corrected chi connectivity index (χ2v) is 15.8. The first kappa shape index (κ1) is 36.8. The van der Waals surface area contributed by atoms with Gasteiger partial charge in [0.1, 0.15) is 0 Å². The summed E-state index contributed by atoms with van der Waals surface area (Å²) in [6.07, 6.45) is 0. The molecule has 2 nitrogen and oxygen atoms in total. The Labute approximate surface area is 362 Å². The number of para-hydroxylation sites is 2. The lowest BCUT2D eigenvalue weighted by Crippen LogP contribution is -2.09. The van der Waals surface area contributed by atoms with E-state index in [1.807, 2.05) is 0 Å². The molecule has 2 heteroatoms. The lowest BCUT2D eigenvalue weighted by atomic mass is 9.97. The summed E-state index contributed by atoms with van der Waals surface area (Å²) in [6, 6.07) is 92.0. The zero-order valence-electron chi connectivity index (χ0n) is 34.1. The number of fused-ring (bicyclic) bond motifs is 3. The summed E-state index contributed by atoms with van der Waals surface area (Å²) in [6.45, 7) is 0. The van der Waals surface area contributed by atoms with Gasteiger partial charge in [0.25, 0.3) is 0 Å². The van der Waals surface area contributed by atoms with E-state index in [-0.39, 0.29) is 0 Å². The maximum absolute atomic E-state index is 2.41. The number of aromatic nitrogens is 1. The third-order valence-corrected chi connectivity index (χ3v) is 12.0. The Morgan fingerprint density at radius 3 is 0.984 bits per heavy atom. The molecule has 11 rings (SSSR count). The molecule has 0 bridgehead atoms. The van der Waals surface area contributed by atoms with E-state index < -0.39 is 0 Å². The van der Waals surface area contributed by atoms with Crippen LogP contribution in [0.4, 0.5) is 17.1 Å². The van der Waals surface area contributed by atoms with Crippen molar-refractivity contribution in [2.24, 2.45) is 0 Å². The smallest absolute Gasteiger partial charge is 0.0541 e. The Bertz CT molecular complexity index is 3240. The Kier molecular flexibility index (Phi) is 9.57. The van der Waals surface area contributed by atoms with Crippen LogP contribution in [0.3, 0.4) is 0 Å². The molecule has 0 spiro atoms. The molecule has 0 N–H and O–H groups in total. The van der Waals surface area contributed by atoms with Crippen molar-refractivity contribution in [2.45, 2.75) is 0 Å². The predicted octanol–water partition coefficient (Wildman–Crippen LogP) is 16.6. The van der Waals surface area contributed by atoms with Gasteiger partial charge < -0.3 is 9.47 Å². The summed E-state index contributed by atoms with van der Waals surface area (Å²) in [4.78, 5) is 2.35. The summed E-state index contributed by atoms with van der Waals surface area (Å²) in [7, 11) is 0. The highest BCUT2D eigenvalue weighted by molar-refractivity contribution is 6.09. The number of hydrogen-bond acceptors (Lipinski definition) is 1. The zero-order valence-corrected chi connectivity index (χ0v) is 34.1. The minimum Gasteiger partial charge on any atom is -0.311 e. The fourth-order valence-electron chi connectivity index (χ4n) is 8.90. The van der Waals surface area contributed by atoms with Gasteiger partial charge in [0.05, 0.1) is 11.0 Å². The highest BCUT2D eigenvalue weighted by Gasteiger charge is 2.17. The molecule has 292 valence electrons. The van der Waals surface area contributed by atoms with Gasteiger partial charge in [-0.15, -0.1) is 0 Å². The van der Waals surface area contributed by atoms with Gasteiger partial charge in [-0.2, -0.15) is 0 Å². The van der Waals surface area contributed by atoms with Gasteiger partial charge in [0.2, 0.25) is 0 Å². The van der Waals surface area contributed by atoms with Crippen molar-refractivity contribution in [3.8, 4) is 61.3 Å². The SMILES string of the molecule is c1ccc(-c2ccc(N(c3ccc(-c4cccc(-c5ccccc5)c4)cc3)c3ccc(-c4cc(-c5ccccc5)cc(-n5c6ccccc6c6ccccc65)c4)cc3)cc2)cc1. The van der Waals surface area contributed by atoms with E-state index in [2.05, 4.69) is 264 Å². The molecule has 11 aromatic rings. The summed E-state index contributed by atoms with van der Waals surface area (Å²) >= 11 is 0. The van der Waals surface area contributed by atoms with Crippen LogP contribution in [0.25, 0.3) is 83.1 Å². The molecule has 62 heavy (non-hydrogen) atoms. The molecule has 0 radical (unpaired) electrons. The van der Waals surface area contributed by atoms with Crippen LogP contribution >= 0.6 is 0 Å². The first-order valence-corrected chi connectivity index (χ1v) is 21.2. The fourth-order valence-corrected chi connectivity index (χ4v) is 8.90. The Morgan fingerprint density at radius 2 is 0.532 bits per heavy atom. The summed E-state index contributed by atoms with van der Waals surface area (Å²) < 4.78 is 2.41. The minimum absolute atomic E-state index is 1.09. The molecule has 0 aliphatic rings. The normalized spacial score (nSPS) is 11.2. The Hall–Kier alpha value is -8.20. The largest absolute Gasteiger partial charge is 0.311 e. The van der Waals surface area contributed by atoms with E-state index in [9.17, 15) is 0 Å². The average molecular weight is 791 g/mol. The highest BCUT2D eigenvalue weighted by atomic mass is 15.1. The molecule has 10 aromatic carbocycles. The molecule has 0 amide bonds. The third kappa shape index (κ3) is 7.04. The van der Waals surface area contributed by atoms with E-state index in [4.69, 9.17) is 0 Å². The highest BCUT2D eigenvalue weighted by Crippen LogP contribution is 2.40. The number of hydrogen-bond donors (Lipinski definition) is 0. The second-order valence-electron chi connectivity index (χ2n) is 15.8. The van der Waals surface area contributed by atoms with E-state index in [0.29, 0.717) is 0 Å². The van der Waals surface area contributed by atoms with Crippen molar-refractivity contribution >= 4 is 38.9 Å². The lowest BCUT2D eigenvalue weighted by molar-refractivity contribution is 1.18. The van der Waals surface area contributed by atoms with Crippen LogP contribution in [-0.4, -0.2) is 4.57 Å². The van der Waals surface area contributed by atoms with Crippen LogP contribution in [0, 0.1) is 0 Å². The van der Waals surface area contributed by atoms with Crippen LogP contribution in [0.2, 0.25) is 0 Å². The molecular formula is C60H42N2. The average Bonchev–Trinajstić information content (AvgIpc) is 3.70. The van der Waals surface area contributed by atoms with E-state index in [1.54, 1.807) is 0 Å². The molecule has 1 heterocycles. The van der Waals surface area contributed by atoms with Gasteiger partial charge in [-0.1, -0.05) is 182 Å². The van der Waals surface area contributed by atoms with Gasteiger partial charge in [-0.25, -0.2) is 0 Å². The van der Waals surface area contributed by atoms with Crippen molar-refractivity contribution in [2.75, 3.05) is 4.90 Å². The quantitative estimate of drug-likeness (QED) is 0.141. The van der Waals surface area contributed by atoms with Gasteiger partial charge in [0.15, 0.2) is 0 Å². The molecule has 0 saturated heterocycles. The van der Waals surface area contributed by atoms with Gasteiger partial charge in [-0.3, -0.25) is 0 Å². The summed E-state index contributed by atoms with van der Waals surface area (Å²) in [5, 5.41) is 2.51. The van der Waals surface area contributed by atoms with Crippen LogP contribution < -0.4 is 4.90 Å². The van der Waals surface area contributed by atoms with Gasteiger partial charge in [0, 0.05) is 33.5 Å². The second kappa shape index (κ2) is 16.1. The molecule has 0 saturated carbocycles. The Morgan fingerprint density at radius 1 is 0.226 bits per heavy atom. The minimum atomic E-state index is 1.09. The van der Waals surface area contributed by atoms with Crippen molar-refractivity contribution in [3.63, 3.8) is 0 Å². The van der Waals surface area contributed by atoms with Crippen molar-refractivity contribution in [1.82, 2.24) is 4.57 Å². The third-order valence-electron chi connectivity index (χ3n) is 12.0. The summed E-state index contributed by atoms with van der Waals surface area (Å²) in [5.74, 6) is 0. The topological polar surface area (TPSA) is 8.17 Å². The van der Waals surface area contributed by atoms with Crippen LogP contribution in [0.5, 0.6) is 0 Å². The first-order valence-electron chi connectivity index (χ1n) is 21.2. The van der Waals surface area contributed by atoms with Crippen molar-refractivity contribution < 1.29 is 0 Å². The number of rotatable bonds is 9. The predicted molar refractivity (Wildman–Crippen MR) is 263 cm³/mol. The molecule has 0 fully saturated rings.